The molecule has 0 bridgehead atoms. The molecule has 0 unspecified atom stereocenters. The Labute approximate surface area is 135 Å². The smallest absolute Gasteiger partial charge is 0.354 e. The highest BCUT2D eigenvalue weighted by Crippen LogP contribution is 2.23. The lowest BCUT2D eigenvalue weighted by molar-refractivity contribution is 0.0589. The minimum absolute atomic E-state index is 0.0499. The van der Waals surface area contributed by atoms with Gasteiger partial charge in [0.2, 0.25) is 0 Å². The number of benzene rings is 1. The van der Waals surface area contributed by atoms with Crippen molar-refractivity contribution in [3.8, 4) is 0 Å². The Hall–Kier alpha value is -2.12. The van der Waals surface area contributed by atoms with Crippen molar-refractivity contribution in [2.75, 3.05) is 7.11 Å². The third kappa shape index (κ3) is 2.89. The topological polar surface area (TPSA) is 77.4 Å². The number of nitrogens with one attached hydrogen (secondary N) is 1. The number of sulfonamides is 1. The number of fused-ring (bicyclic) bond motifs is 1. The monoisotopic (exact) mass is 334 g/mol. The van der Waals surface area contributed by atoms with Crippen LogP contribution >= 0.6 is 0 Å². The molecule has 1 heterocycles. The molecule has 0 saturated carbocycles. The Bertz CT molecular complexity index is 830. The Morgan fingerprint density at radius 1 is 1.17 bits per heavy atom. The fraction of sp³-hybridized carbons (Fsp3) is 0.312. The molecule has 1 aromatic carbocycles. The van der Waals surface area contributed by atoms with Crippen LogP contribution in [0.5, 0.6) is 0 Å². The van der Waals surface area contributed by atoms with E-state index in [1.807, 2.05) is 24.3 Å². The summed E-state index contributed by atoms with van der Waals surface area (Å²) in [4.78, 5) is 11.6. The van der Waals surface area contributed by atoms with E-state index in [9.17, 15) is 13.2 Å². The maximum atomic E-state index is 12.6. The predicted octanol–water partition coefficient (Wildman–Crippen LogP) is 1.26. The van der Waals surface area contributed by atoms with Crippen molar-refractivity contribution in [3.63, 3.8) is 0 Å². The molecule has 0 aliphatic heterocycles. The van der Waals surface area contributed by atoms with Crippen LogP contribution in [0.2, 0.25) is 0 Å². The van der Waals surface area contributed by atoms with Gasteiger partial charge in [-0.1, -0.05) is 24.3 Å². The molecule has 0 spiro atoms. The summed E-state index contributed by atoms with van der Waals surface area (Å²) in [5, 5.41) is 0.0499. The van der Waals surface area contributed by atoms with Gasteiger partial charge in [-0.2, -0.15) is 0 Å². The zero-order valence-corrected chi connectivity index (χ0v) is 13.8. The fourth-order valence-electron chi connectivity index (χ4n) is 2.99. The molecule has 0 amide bonds. The third-order valence-electron chi connectivity index (χ3n) is 4.12. The summed E-state index contributed by atoms with van der Waals surface area (Å²) in [5.41, 5.74) is 2.53. The lowest BCUT2D eigenvalue weighted by atomic mass is 10.1. The van der Waals surface area contributed by atoms with Crippen molar-refractivity contribution in [2.24, 2.45) is 7.05 Å². The fourth-order valence-corrected chi connectivity index (χ4v) is 4.43. The molecular formula is C16H18N2O4S. The summed E-state index contributed by atoms with van der Waals surface area (Å²) in [6, 6.07) is 10.6. The van der Waals surface area contributed by atoms with E-state index in [-0.39, 0.29) is 16.8 Å². The number of hydrogen-bond donors (Lipinski definition) is 1. The molecule has 1 aliphatic carbocycles. The summed E-state index contributed by atoms with van der Waals surface area (Å²) in [7, 11) is -0.914. The van der Waals surface area contributed by atoms with Gasteiger partial charge < -0.3 is 9.30 Å². The van der Waals surface area contributed by atoms with Crippen LogP contribution in [0, 0.1) is 0 Å². The van der Waals surface area contributed by atoms with Gasteiger partial charge in [0.05, 0.1) is 7.11 Å². The molecule has 0 fully saturated rings. The number of esters is 1. The number of carbonyl (C=O) groups excluding carboxylic acids is 1. The minimum Gasteiger partial charge on any atom is -0.464 e. The van der Waals surface area contributed by atoms with Crippen molar-refractivity contribution in [1.82, 2.24) is 9.29 Å². The van der Waals surface area contributed by atoms with Gasteiger partial charge in [-0.15, -0.1) is 0 Å². The van der Waals surface area contributed by atoms with E-state index in [4.69, 9.17) is 0 Å². The van der Waals surface area contributed by atoms with E-state index in [0.29, 0.717) is 12.8 Å². The molecule has 1 aromatic heterocycles. The standard InChI is InChI=1S/C16H18N2O4S/c1-18-14(16(19)22-2)7-8-15(18)23(20,21)17-13-9-11-5-3-4-6-12(11)10-13/h3-8,13,17H,9-10H2,1-2H3. The molecular weight excluding hydrogens is 316 g/mol. The van der Waals surface area contributed by atoms with Crippen LogP contribution in [0.1, 0.15) is 21.6 Å². The zero-order chi connectivity index (χ0) is 16.6. The van der Waals surface area contributed by atoms with E-state index in [2.05, 4.69) is 9.46 Å². The van der Waals surface area contributed by atoms with Crippen molar-refractivity contribution in [3.05, 3.63) is 53.2 Å². The number of rotatable bonds is 4. The van der Waals surface area contributed by atoms with Crippen molar-refractivity contribution in [2.45, 2.75) is 23.9 Å². The molecule has 23 heavy (non-hydrogen) atoms. The Morgan fingerprint density at radius 3 is 2.35 bits per heavy atom. The van der Waals surface area contributed by atoms with Crippen LogP contribution in [0.15, 0.2) is 41.4 Å². The van der Waals surface area contributed by atoms with E-state index in [0.717, 1.165) is 0 Å². The normalized spacial score (nSPS) is 14.7. The summed E-state index contributed by atoms with van der Waals surface area (Å²) in [5.74, 6) is -0.567. The largest absolute Gasteiger partial charge is 0.464 e. The highest BCUT2D eigenvalue weighted by Gasteiger charge is 2.28. The Morgan fingerprint density at radius 2 is 1.78 bits per heavy atom. The van der Waals surface area contributed by atoms with E-state index in [1.54, 1.807) is 0 Å². The second kappa shape index (κ2) is 5.82. The summed E-state index contributed by atoms with van der Waals surface area (Å²) in [6.07, 6.45) is 1.34. The van der Waals surface area contributed by atoms with Gasteiger partial charge in [0.1, 0.15) is 5.69 Å². The number of ether oxygens (including phenoxy) is 1. The maximum Gasteiger partial charge on any atom is 0.354 e. The number of hydrogen-bond acceptors (Lipinski definition) is 4. The predicted molar refractivity (Wildman–Crippen MR) is 84.7 cm³/mol. The molecule has 122 valence electrons. The second-order valence-electron chi connectivity index (χ2n) is 5.60. The van der Waals surface area contributed by atoms with Gasteiger partial charge in [-0.25, -0.2) is 17.9 Å². The van der Waals surface area contributed by atoms with Crippen molar-refractivity contribution < 1.29 is 17.9 Å². The van der Waals surface area contributed by atoms with Gasteiger partial charge in [0.25, 0.3) is 10.0 Å². The highest BCUT2D eigenvalue weighted by atomic mass is 32.2. The molecule has 2 aromatic rings. The average molecular weight is 334 g/mol. The SMILES string of the molecule is COC(=O)c1ccc(S(=O)(=O)NC2Cc3ccccc3C2)n1C. The lowest BCUT2D eigenvalue weighted by Crippen LogP contribution is -2.36. The molecule has 1 aliphatic rings. The molecule has 0 atom stereocenters. The molecule has 0 saturated heterocycles. The van der Waals surface area contributed by atoms with E-state index < -0.39 is 16.0 Å². The molecule has 7 heteroatoms. The minimum atomic E-state index is -3.71. The van der Waals surface area contributed by atoms with Crippen LogP contribution in [0.25, 0.3) is 0 Å². The quantitative estimate of drug-likeness (QED) is 0.854. The van der Waals surface area contributed by atoms with Crippen molar-refractivity contribution >= 4 is 16.0 Å². The Balaban J connectivity index is 1.81. The van der Waals surface area contributed by atoms with Crippen LogP contribution in [0.3, 0.4) is 0 Å². The van der Waals surface area contributed by atoms with Gasteiger partial charge in [0.15, 0.2) is 5.03 Å². The lowest BCUT2D eigenvalue weighted by Gasteiger charge is -2.13. The van der Waals surface area contributed by atoms with Crippen molar-refractivity contribution in [1.29, 1.82) is 0 Å². The first kappa shape index (κ1) is 15.8. The van der Waals surface area contributed by atoms with Crippen LogP contribution in [0.4, 0.5) is 0 Å². The third-order valence-corrected chi connectivity index (χ3v) is 5.72. The van der Waals surface area contributed by atoms with Crippen LogP contribution in [-0.2, 0) is 34.6 Å². The average Bonchev–Trinajstić information content (AvgIpc) is 3.08. The van der Waals surface area contributed by atoms with Gasteiger partial charge >= 0.3 is 5.97 Å². The molecule has 3 rings (SSSR count). The number of methoxy groups -OCH3 is 1. The number of carbonyl (C=O) groups is 1. The number of nitrogens with zero attached hydrogens (tertiary/aromatic N) is 1. The Kier molecular flexibility index (Phi) is 3.99. The maximum absolute atomic E-state index is 12.6. The van der Waals surface area contributed by atoms with E-state index in [1.165, 1.54) is 42.0 Å². The van der Waals surface area contributed by atoms with E-state index >= 15 is 0 Å². The zero-order valence-electron chi connectivity index (χ0n) is 12.9. The molecule has 1 N–H and O–H groups in total. The van der Waals surface area contributed by atoms with Crippen LogP contribution < -0.4 is 4.72 Å². The summed E-state index contributed by atoms with van der Waals surface area (Å²) < 4.78 is 33.9. The summed E-state index contributed by atoms with van der Waals surface area (Å²) >= 11 is 0. The summed E-state index contributed by atoms with van der Waals surface area (Å²) in [6.45, 7) is 0. The van der Waals surface area contributed by atoms with Gasteiger partial charge in [0, 0.05) is 13.1 Å². The first-order valence-electron chi connectivity index (χ1n) is 7.25. The highest BCUT2D eigenvalue weighted by molar-refractivity contribution is 7.89. The molecule has 0 radical (unpaired) electrons. The van der Waals surface area contributed by atoms with Gasteiger partial charge in [-0.05, 0) is 36.1 Å². The first-order chi connectivity index (χ1) is 10.9. The first-order valence-corrected chi connectivity index (χ1v) is 8.74. The number of aromatic nitrogens is 1. The molecule has 6 nitrogen and oxygen atoms in total. The van der Waals surface area contributed by atoms with Crippen LogP contribution in [-0.4, -0.2) is 32.1 Å². The second-order valence-corrected chi connectivity index (χ2v) is 7.26. The van der Waals surface area contributed by atoms with Gasteiger partial charge in [-0.3, -0.25) is 0 Å².